The minimum Gasteiger partial charge on any atom is -0.383 e. The van der Waals surface area contributed by atoms with Gasteiger partial charge in [-0.15, -0.1) is 0 Å². The summed E-state index contributed by atoms with van der Waals surface area (Å²) in [5, 5.41) is 8.77. The summed E-state index contributed by atoms with van der Waals surface area (Å²) < 4.78 is 8.61. The van der Waals surface area contributed by atoms with E-state index in [1.807, 2.05) is 6.92 Å². The van der Waals surface area contributed by atoms with Crippen molar-refractivity contribution >= 4 is 34.1 Å². The first kappa shape index (κ1) is 23.2. The van der Waals surface area contributed by atoms with Crippen molar-refractivity contribution in [3.05, 3.63) is 51.6 Å². The number of hydrogen-bond donors (Lipinski definition) is 2. The third-order valence-corrected chi connectivity index (χ3v) is 6.39. The molecule has 3 aromatic heterocycles. The van der Waals surface area contributed by atoms with Gasteiger partial charge in [0.2, 0.25) is 0 Å². The number of nitrogen functional groups attached to an aromatic ring is 1. The molecule has 1 unspecified atom stereocenters. The van der Waals surface area contributed by atoms with Crippen LogP contribution in [0.4, 0.5) is 11.6 Å². The molecule has 0 aliphatic heterocycles. The van der Waals surface area contributed by atoms with Crippen LogP contribution in [0, 0.1) is 0 Å². The number of ether oxygens (including phenoxy) is 1. The van der Waals surface area contributed by atoms with Gasteiger partial charge in [-0.25, -0.2) is 19.9 Å². The molecule has 3 heterocycles. The zero-order valence-corrected chi connectivity index (χ0v) is 20.5. The van der Waals surface area contributed by atoms with Crippen LogP contribution >= 0.6 is 11.6 Å². The lowest BCUT2D eigenvalue weighted by Gasteiger charge is -2.23. The maximum absolute atomic E-state index is 13.5. The molecule has 1 aliphatic carbocycles. The Morgan fingerprint density at radius 3 is 2.80 bits per heavy atom. The molecule has 1 aromatic carbocycles. The molecule has 0 saturated heterocycles. The summed E-state index contributed by atoms with van der Waals surface area (Å²) in [4.78, 5) is 31.5. The van der Waals surface area contributed by atoms with E-state index in [1.54, 1.807) is 41.6 Å². The van der Waals surface area contributed by atoms with E-state index in [2.05, 4.69) is 25.4 Å². The first-order valence-corrected chi connectivity index (χ1v) is 11.8. The SMILES string of the molecule is CCC(Nc1ncnc(N)c1-c1nc(COC)n(C)n1)c1nc2cccc(Cl)c2c(=O)n1C1CC1. The number of aryl methyl sites for hydroxylation is 1. The zero-order valence-electron chi connectivity index (χ0n) is 19.7. The molecule has 1 fully saturated rings. The first-order valence-electron chi connectivity index (χ1n) is 11.4. The second kappa shape index (κ2) is 9.23. The van der Waals surface area contributed by atoms with Gasteiger partial charge < -0.3 is 15.8 Å². The largest absolute Gasteiger partial charge is 0.383 e. The number of halogens is 1. The third-order valence-electron chi connectivity index (χ3n) is 6.08. The highest BCUT2D eigenvalue weighted by molar-refractivity contribution is 6.35. The lowest BCUT2D eigenvalue weighted by Crippen LogP contribution is -2.29. The van der Waals surface area contributed by atoms with Crippen molar-refractivity contribution in [1.29, 1.82) is 0 Å². The van der Waals surface area contributed by atoms with E-state index in [9.17, 15) is 4.79 Å². The van der Waals surface area contributed by atoms with Gasteiger partial charge in [-0.05, 0) is 31.4 Å². The zero-order chi connectivity index (χ0) is 24.7. The second-order valence-corrected chi connectivity index (χ2v) is 8.91. The number of rotatable bonds is 8. The average Bonchev–Trinajstić information content (AvgIpc) is 3.60. The van der Waals surface area contributed by atoms with E-state index in [0.717, 1.165) is 12.8 Å². The number of nitrogens with two attached hydrogens (primary N) is 1. The standard InChI is InChI=1S/C23H26ClN9O2/c1-4-14(22-29-15-7-5-6-13(24)17(15)23(34)33(22)12-8-9-12)28-20-18(19(25)26-11-27-20)21-30-16(10-35-3)32(2)31-21/h5-7,11-12,14H,4,8-10H2,1-3H3,(H3,25,26,27,28). The van der Waals surface area contributed by atoms with Gasteiger partial charge in [-0.2, -0.15) is 5.10 Å². The Morgan fingerprint density at radius 1 is 1.29 bits per heavy atom. The van der Waals surface area contributed by atoms with Crippen molar-refractivity contribution < 1.29 is 4.74 Å². The molecule has 5 rings (SSSR count). The minimum atomic E-state index is -0.332. The molecule has 1 atom stereocenters. The van der Waals surface area contributed by atoms with E-state index < -0.39 is 0 Å². The first-order chi connectivity index (χ1) is 16.9. The van der Waals surface area contributed by atoms with Gasteiger partial charge in [0.1, 0.15) is 36.0 Å². The van der Waals surface area contributed by atoms with Crippen LogP contribution < -0.4 is 16.6 Å². The smallest absolute Gasteiger partial charge is 0.263 e. The fourth-order valence-electron chi connectivity index (χ4n) is 4.17. The molecule has 182 valence electrons. The predicted molar refractivity (Wildman–Crippen MR) is 133 cm³/mol. The Bertz CT molecular complexity index is 1460. The molecule has 0 radical (unpaired) electrons. The van der Waals surface area contributed by atoms with Crippen LogP contribution in [0.5, 0.6) is 0 Å². The fraction of sp³-hybridized carbons (Fsp3) is 0.391. The molecule has 0 amide bonds. The highest BCUT2D eigenvalue weighted by Crippen LogP contribution is 2.38. The Labute approximate surface area is 206 Å². The number of methoxy groups -OCH3 is 1. The second-order valence-electron chi connectivity index (χ2n) is 8.51. The van der Waals surface area contributed by atoms with Crippen LogP contribution in [0.3, 0.4) is 0 Å². The van der Waals surface area contributed by atoms with E-state index in [1.165, 1.54) is 6.33 Å². The number of nitrogens with one attached hydrogen (secondary N) is 1. The molecule has 0 bridgehead atoms. The molecule has 4 aromatic rings. The monoisotopic (exact) mass is 495 g/mol. The van der Waals surface area contributed by atoms with Crippen molar-refractivity contribution in [2.75, 3.05) is 18.2 Å². The number of hydrogen-bond acceptors (Lipinski definition) is 9. The van der Waals surface area contributed by atoms with Crippen molar-refractivity contribution in [2.45, 2.75) is 44.9 Å². The highest BCUT2D eigenvalue weighted by atomic mass is 35.5. The third kappa shape index (κ3) is 4.21. The molecule has 1 saturated carbocycles. The van der Waals surface area contributed by atoms with Gasteiger partial charge in [-0.3, -0.25) is 14.0 Å². The summed E-state index contributed by atoms with van der Waals surface area (Å²) in [7, 11) is 3.38. The van der Waals surface area contributed by atoms with Crippen molar-refractivity contribution in [3.8, 4) is 11.4 Å². The molecule has 12 heteroatoms. The normalized spacial score (nSPS) is 14.4. The van der Waals surface area contributed by atoms with Crippen LogP contribution in [0.1, 0.15) is 49.9 Å². The minimum absolute atomic E-state index is 0.102. The summed E-state index contributed by atoms with van der Waals surface area (Å²) in [6.07, 6.45) is 3.87. The number of anilines is 2. The van der Waals surface area contributed by atoms with Gasteiger partial charge in [0.25, 0.3) is 5.56 Å². The topological polar surface area (TPSA) is 139 Å². The summed E-state index contributed by atoms with van der Waals surface area (Å²) in [6.45, 7) is 2.32. The van der Waals surface area contributed by atoms with Crippen LogP contribution in [0.2, 0.25) is 5.02 Å². The molecule has 0 spiro atoms. The van der Waals surface area contributed by atoms with Crippen LogP contribution in [0.25, 0.3) is 22.3 Å². The van der Waals surface area contributed by atoms with E-state index in [0.29, 0.717) is 57.8 Å². The quantitative estimate of drug-likeness (QED) is 0.377. The predicted octanol–water partition coefficient (Wildman–Crippen LogP) is 3.26. The molecule has 35 heavy (non-hydrogen) atoms. The number of fused-ring (bicyclic) bond motifs is 1. The van der Waals surface area contributed by atoms with Crippen LogP contribution in [-0.2, 0) is 18.4 Å². The van der Waals surface area contributed by atoms with E-state index in [-0.39, 0.29) is 23.5 Å². The van der Waals surface area contributed by atoms with Gasteiger partial charge in [0, 0.05) is 20.2 Å². The highest BCUT2D eigenvalue weighted by Gasteiger charge is 2.32. The summed E-state index contributed by atoms with van der Waals surface area (Å²) >= 11 is 6.37. The Balaban J connectivity index is 1.61. The Kier molecular flexibility index (Phi) is 6.12. The van der Waals surface area contributed by atoms with Crippen LogP contribution in [-0.4, -0.2) is 41.4 Å². The van der Waals surface area contributed by atoms with E-state index in [4.69, 9.17) is 27.1 Å². The van der Waals surface area contributed by atoms with Gasteiger partial charge in [-0.1, -0.05) is 24.6 Å². The van der Waals surface area contributed by atoms with Gasteiger partial charge >= 0.3 is 0 Å². The number of aromatic nitrogens is 7. The van der Waals surface area contributed by atoms with Crippen molar-refractivity contribution in [3.63, 3.8) is 0 Å². The van der Waals surface area contributed by atoms with Crippen molar-refractivity contribution in [2.24, 2.45) is 7.05 Å². The van der Waals surface area contributed by atoms with Gasteiger partial charge in [0.05, 0.1) is 22.0 Å². The molecular weight excluding hydrogens is 470 g/mol. The number of nitrogens with zero attached hydrogens (tertiary/aromatic N) is 7. The molecule has 3 N–H and O–H groups in total. The summed E-state index contributed by atoms with van der Waals surface area (Å²) in [5.41, 5.74) is 7.16. The number of benzene rings is 1. The Morgan fingerprint density at radius 2 is 2.09 bits per heavy atom. The maximum atomic E-state index is 13.5. The van der Waals surface area contributed by atoms with Gasteiger partial charge in [0.15, 0.2) is 11.6 Å². The molecule has 1 aliphatic rings. The summed E-state index contributed by atoms with van der Waals surface area (Å²) in [5.74, 6) is 2.35. The van der Waals surface area contributed by atoms with Crippen LogP contribution in [0.15, 0.2) is 29.3 Å². The lowest BCUT2D eigenvalue weighted by molar-refractivity contribution is 0.174. The van der Waals surface area contributed by atoms with E-state index >= 15 is 0 Å². The Hall–Kier alpha value is -3.57. The lowest BCUT2D eigenvalue weighted by atomic mass is 10.1. The maximum Gasteiger partial charge on any atom is 0.263 e. The molecular formula is C23H26ClN9O2. The fourth-order valence-corrected chi connectivity index (χ4v) is 4.42. The molecule has 11 nitrogen and oxygen atoms in total. The average molecular weight is 496 g/mol. The summed E-state index contributed by atoms with van der Waals surface area (Å²) in [6, 6.07) is 5.09. The van der Waals surface area contributed by atoms with Crippen molar-refractivity contribution in [1.82, 2.24) is 34.3 Å².